The molecule has 1 saturated carbocycles. The molecular weight excluding hydrogens is 274 g/mol. The first-order valence-corrected chi connectivity index (χ1v) is 8.04. The van der Waals surface area contributed by atoms with Crippen molar-refractivity contribution in [3.63, 3.8) is 0 Å². The molecule has 1 atom stereocenters. The van der Waals surface area contributed by atoms with Crippen molar-refractivity contribution in [2.24, 2.45) is 5.92 Å². The number of aromatic nitrogens is 1. The summed E-state index contributed by atoms with van der Waals surface area (Å²) in [6, 6.07) is 0.204. The third-order valence-electron chi connectivity index (χ3n) is 3.71. The maximum atomic E-state index is 11.9. The first kappa shape index (κ1) is 15.4. The molecule has 5 nitrogen and oxygen atoms in total. The topological polar surface area (TPSA) is 63.2 Å². The summed E-state index contributed by atoms with van der Waals surface area (Å²) in [6.07, 6.45) is 2.93. The lowest BCUT2D eigenvalue weighted by molar-refractivity contribution is -0.119. The van der Waals surface area contributed by atoms with Crippen molar-refractivity contribution in [3.8, 4) is 0 Å². The fraction of sp³-hybridized carbons (Fsp3) is 0.714. The Morgan fingerprint density at radius 3 is 3.00 bits per heavy atom. The van der Waals surface area contributed by atoms with E-state index in [9.17, 15) is 4.79 Å². The van der Waals surface area contributed by atoms with Gasteiger partial charge in [0.1, 0.15) is 0 Å². The van der Waals surface area contributed by atoms with E-state index in [4.69, 9.17) is 4.74 Å². The van der Waals surface area contributed by atoms with Crippen molar-refractivity contribution in [1.82, 2.24) is 10.3 Å². The summed E-state index contributed by atoms with van der Waals surface area (Å²) in [7, 11) is 1.90. The highest BCUT2D eigenvalue weighted by Crippen LogP contribution is 2.33. The van der Waals surface area contributed by atoms with Gasteiger partial charge < -0.3 is 15.4 Å². The number of carbonyl (C=O) groups excluding carboxylic acids is 1. The minimum absolute atomic E-state index is 0.0583. The Bertz CT molecular complexity index is 443. The number of anilines is 1. The van der Waals surface area contributed by atoms with Crippen LogP contribution in [0.4, 0.5) is 5.13 Å². The van der Waals surface area contributed by atoms with E-state index in [1.54, 1.807) is 0 Å². The minimum Gasteiger partial charge on any atom is -0.378 e. The molecule has 2 N–H and O–H groups in total. The Labute approximate surface area is 124 Å². The van der Waals surface area contributed by atoms with E-state index in [2.05, 4.69) is 15.6 Å². The molecule has 0 radical (unpaired) electrons. The molecule has 2 rings (SSSR count). The Hall–Kier alpha value is -0.980. The highest BCUT2D eigenvalue weighted by molar-refractivity contribution is 7.13. The van der Waals surface area contributed by atoms with Gasteiger partial charge in [-0.3, -0.25) is 4.79 Å². The molecule has 1 aromatic heterocycles. The van der Waals surface area contributed by atoms with Gasteiger partial charge in [-0.15, -0.1) is 11.3 Å². The standard InChI is InChI=1S/C14H23N3O2S/c1-4-19-11-5-10(6-11)7-13(18)17-14-16-12(8-20-14)9(2)15-3/h8-11,15H,4-7H2,1-3H3,(H,16,17,18). The second-order valence-corrected chi connectivity index (χ2v) is 6.11. The monoisotopic (exact) mass is 297 g/mol. The normalized spacial score (nSPS) is 23.1. The van der Waals surface area contributed by atoms with Gasteiger partial charge in [-0.05, 0) is 39.7 Å². The molecule has 1 unspecified atom stereocenters. The molecule has 0 aromatic carbocycles. The van der Waals surface area contributed by atoms with Crippen molar-refractivity contribution >= 4 is 22.4 Å². The molecule has 1 heterocycles. The van der Waals surface area contributed by atoms with Crippen molar-refractivity contribution in [2.45, 2.75) is 45.3 Å². The maximum absolute atomic E-state index is 11.9. The van der Waals surface area contributed by atoms with E-state index in [-0.39, 0.29) is 11.9 Å². The second-order valence-electron chi connectivity index (χ2n) is 5.25. The lowest BCUT2D eigenvalue weighted by atomic mass is 9.80. The molecule has 1 amide bonds. The van der Waals surface area contributed by atoms with Crippen molar-refractivity contribution < 1.29 is 9.53 Å². The van der Waals surface area contributed by atoms with Crippen LogP contribution in [0.2, 0.25) is 0 Å². The molecule has 1 aliphatic rings. The molecule has 1 fully saturated rings. The van der Waals surface area contributed by atoms with E-state index in [0.717, 1.165) is 25.1 Å². The van der Waals surface area contributed by atoms with E-state index in [1.165, 1.54) is 11.3 Å². The highest BCUT2D eigenvalue weighted by Gasteiger charge is 2.31. The van der Waals surface area contributed by atoms with Gasteiger partial charge in [0.05, 0.1) is 11.8 Å². The van der Waals surface area contributed by atoms with Gasteiger partial charge in [-0.2, -0.15) is 0 Å². The Morgan fingerprint density at radius 2 is 2.35 bits per heavy atom. The van der Waals surface area contributed by atoms with Crippen LogP contribution in [0.3, 0.4) is 0 Å². The van der Waals surface area contributed by atoms with Gasteiger partial charge in [-0.25, -0.2) is 4.98 Å². The number of hydrogen-bond acceptors (Lipinski definition) is 5. The quantitative estimate of drug-likeness (QED) is 0.812. The van der Waals surface area contributed by atoms with Crippen molar-refractivity contribution in [2.75, 3.05) is 19.0 Å². The van der Waals surface area contributed by atoms with E-state index in [1.807, 2.05) is 26.3 Å². The number of amides is 1. The second kappa shape index (κ2) is 7.15. The Kier molecular flexibility index (Phi) is 5.51. The number of carbonyl (C=O) groups is 1. The number of thiazole rings is 1. The third-order valence-corrected chi connectivity index (χ3v) is 4.49. The molecule has 6 heteroatoms. The van der Waals surface area contributed by atoms with E-state index < -0.39 is 0 Å². The van der Waals surface area contributed by atoms with Crippen LogP contribution in [0.25, 0.3) is 0 Å². The third kappa shape index (κ3) is 4.01. The molecular formula is C14H23N3O2S. The van der Waals surface area contributed by atoms with Gasteiger partial charge >= 0.3 is 0 Å². The molecule has 0 bridgehead atoms. The first-order valence-electron chi connectivity index (χ1n) is 7.16. The van der Waals surface area contributed by atoms with Gasteiger partial charge in [0.25, 0.3) is 0 Å². The lowest BCUT2D eigenvalue weighted by Crippen LogP contribution is -2.33. The number of ether oxygens (including phenoxy) is 1. The van der Waals surface area contributed by atoms with Gasteiger partial charge in [0, 0.05) is 24.4 Å². The van der Waals surface area contributed by atoms with Crippen LogP contribution in [-0.4, -0.2) is 30.6 Å². The van der Waals surface area contributed by atoms with Gasteiger partial charge in [-0.1, -0.05) is 0 Å². The zero-order valence-corrected chi connectivity index (χ0v) is 13.1. The average Bonchev–Trinajstić information content (AvgIpc) is 2.83. The maximum Gasteiger partial charge on any atom is 0.226 e. The fourth-order valence-corrected chi connectivity index (χ4v) is 3.16. The highest BCUT2D eigenvalue weighted by atomic mass is 32.1. The van der Waals surface area contributed by atoms with Crippen LogP contribution in [0.15, 0.2) is 5.38 Å². The van der Waals surface area contributed by atoms with Crippen LogP contribution < -0.4 is 10.6 Å². The minimum atomic E-state index is 0.0583. The van der Waals surface area contributed by atoms with Crippen molar-refractivity contribution in [3.05, 3.63) is 11.1 Å². The summed E-state index contributed by atoms with van der Waals surface area (Å²) >= 11 is 1.48. The number of rotatable bonds is 7. The summed E-state index contributed by atoms with van der Waals surface area (Å²) in [5.41, 5.74) is 0.966. The summed E-state index contributed by atoms with van der Waals surface area (Å²) in [5.74, 6) is 0.519. The fourth-order valence-electron chi connectivity index (χ4n) is 2.34. The molecule has 20 heavy (non-hydrogen) atoms. The summed E-state index contributed by atoms with van der Waals surface area (Å²) in [4.78, 5) is 16.3. The zero-order valence-electron chi connectivity index (χ0n) is 12.3. The molecule has 0 saturated heterocycles. The summed E-state index contributed by atoms with van der Waals surface area (Å²) in [5, 5.41) is 8.68. The number of hydrogen-bond donors (Lipinski definition) is 2. The summed E-state index contributed by atoms with van der Waals surface area (Å²) in [6.45, 7) is 4.81. The SMILES string of the molecule is CCOC1CC(CC(=O)Nc2nc(C(C)NC)cs2)C1. The number of nitrogens with zero attached hydrogens (tertiary/aromatic N) is 1. The molecule has 0 aliphatic heterocycles. The van der Waals surface area contributed by atoms with Crippen LogP contribution in [0.1, 0.15) is 44.8 Å². The van der Waals surface area contributed by atoms with Crippen molar-refractivity contribution in [1.29, 1.82) is 0 Å². The smallest absolute Gasteiger partial charge is 0.226 e. The van der Waals surface area contributed by atoms with E-state index >= 15 is 0 Å². The zero-order chi connectivity index (χ0) is 14.5. The lowest BCUT2D eigenvalue weighted by Gasteiger charge is -2.34. The average molecular weight is 297 g/mol. The Morgan fingerprint density at radius 1 is 1.60 bits per heavy atom. The van der Waals surface area contributed by atoms with Crippen LogP contribution in [0, 0.1) is 5.92 Å². The van der Waals surface area contributed by atoms with Crippen LogP contribution in [0.5, 0.6) is 0 Å². The largest absolute Gasteiger partial charge is 0.378 e. The first-order chi connectivity index (χ1) is 9.62. The molecule has 112 valence electrons. The predicted molar refractivity (Wildman–Crippen MR) is 81.0 cm³/mol. The predicted octanol–water partition coefficient (Wildman–Crippen LogP) is 2.57. The number of nitrogens with one attached hydrogen (secondary N) is 2. The molecule has 1 aromatic rings. The summed E-state index contributed by atoms with van der Waals surface area (Å²) < 4.78 is 5.50. The van der Waals surface area contributed by atoms with Crippen LogP contribution >= 0.6 is 11.3 Å². The molecule has 0 spiro atoms. The van der Waals surface area contributed by atoms with E-state index in [0.29, 0.717) is 23.6 Å². The Balaban J connectivity index is 1.74. The molecule has 1 aliphatic carbocycles. The van der Waals surface area contributed by atoms with Gasteiger partial charge in [0.15, 0.2) is 5.13 Å². The van der Waals surface area contributed by atoms with Crippen LogP contribution in [-0.2, 0) is 9.53 Å². The van der Waals surface area contributed by atoms with Gasteiger partial charge in [0.2, 0.25) is 5.91 Å².